The van der Waals surface area contributed by atoms with Crippen molar-refractivity contribution < 1.29 is 14.1 Å². The van der Waals surface area contributed by atoms with Crippen LogP contribution in [0.3, 0.4) is 0 Å². The molecule has 4 heterocycles. The second-order valence-electron chi connectivity index (χ2n) is 9.36. The molecule has 2 aliphatic rings. The molecule has 0 spiro atoms. The maximum atomic E-state index is 13.2. The SMILES string of the molecule is O=C(c1ccc(CN2CCn3cccc3C2c2ccc([N+](=O)[O-])cc2)o1)N1CCc2ccccc2C1. The number of non-ortho nitro benzene ring substituents is 1. The van der Waals surface area contributed by atoms with E-state index in [0.29, 0.717) is 25.4 Å². The summed E-state index contributed by atoms with van der Waals surface area (Å²) in [4.78, 5) is 28.1. The third-order valence-corrected chi connectivity index (χ3v) is 7.21. The number of carbonyl (C=O) groups is 1. The van der Waals surface area contributed by atoms with Gasteiger partial charge >= 0.3 is 0 Å². The van der Waals surface area contributed by atoms with Gasteiger partial charge in [-0.3, -0.25) is 19.8 Å². The minimum atomic E-state index is -0.382. The van der Waals surface area contributed by atoms with Crippen molar-refractivity contribution in [1.82, 2.24) is 14.4 Å². The quantitative estimate of drug-likeness (QED) is 0.302. The van der Waals surface area contributed by atoms with Gasteiger partial charge in [0.25, 0.3) is 11.6 Å². The van der Waals surface area contributed by atoms with Crippen molar-refractivity contribution in [2.45, 2.75) is 32.1 Å². The van der Waals surface area contributed by atoms with Crippen LogP contribution in [-0.2, 0) is 26.1 Å². The van der Waals surface area contributed by atoms with Crippen molar-refractivity contribution in [1.29, 1.82) is 0 Å². The zero-order valence-corrected chi connectivity index (χ0v) is 19.7. The van der Waals surface area contributed by atoms with Crippen LogP contribution in [0.4, 0.5) is 5.69 Å². The number of aromatic nitrogens is 1. The maximum absolute atomic E-state index is 13.2. The van der Waals surface area contributed by atoms with Gasteiger partial charge in [-0.05, 0) is 47.4 Å². The van der Waals surface area contributed by atoms with Crippen LogP contribution in [-0.4, -0.2) is 38.3 Å². The van der Waals surface area contributed by atoms with Crippen LogP contribution in [0.2, 0.25) is 0 Å². The summed E-state index contributed by atoms with van der Waals surface area (Å²) in [6, 6.07) is 22.7. The van der Waals surface area contributed by atoms with Crippen molar-refractivity contribution in [3.8, 4) is 0 Å². The molecule has 0 saturated carbocycles. The fourth-order valence-corrected chi connectivity index (χ4v) is 5.36. The minimum Gasteiger partial charge on any atom is -0.455 e. The van der Waals surface area contributed by atoms with Crippen LogP contribution in [0, 0.1) is 10.1 Å². The van der Waals surface area contributed by atoms with Crippen molar-refractivity contribution in [2.75, 3.05) is 13.1 Å². The Morgan fingerprint density at radius 1 is 0.944 bits per heavy atom. The van der Waals surface area contributed by atoms with E-state index in [9.17, 15) is 14.9 Å². The number of hydrogen-bond donors (Lipinski definition) is 0. The molecule has 182 valence electrons. The van der Waals surface area contributed by atoms with E-state index in [-0.39, 0.29) is 22.6 Å². The maximum Gasteiger partial charge on any atom is 0.289 e. The summed E-state index contributed by atoms with van der Waals surface area (Å²) < 4.78 is 8.28. The second-order valence-corrected chi connectivity index (χ2v) is 9.36. The Hall–Kier alpha value is -4.17. The van der Waals surface area contributed by atoms with Crippen LogP contribution >= 0.6 is 0 Å². The largest absolute Gasteiger partial charge is 0.455 e. The van der Waals surface area contributed by atoms with Gasteiger partial charge in [-0.25, -0.2) is 0 Å². The predicted molar refractivity (Wildman–Crippen MR) is 133 cm³/mol. The molecule has 1 atom stereocenters. The third kappa shape index (κ3) is 4.09. The Bertz CT molecular complexity index is 1420. The molecule has 6 rings (SSSR count). The van der Waals surface area contributed by atoms with Gasteiger partial charge in [0.1, 0.15) is 5.76 Å². The van der Waals surface area contributed by atoms with E-state index in [1.54, 1.807) is 18.2 Å². The molecule has 1 unspecified atom stereocenters. The Kier molecular flexibility index (Phi) is 5.65. The van der Waals surface area contributed by atoms with E-state index in [0.717, 1.165) is 36.5 Å². The second kappa shape index (κ2) is 9.13. The van der Waals surface area contributed by atoms with Crippen LogP contribution in [0.25, 0.3) is 0 Å². The molecule has 0 radical (unpaired) electrons. The van der Waals surface area contributed by atoms with Crippen LogP contribution in [0.1, 0.15) is 44.7 Å². The average molecular weight is 483 g/mol. The molecule has 8 heteroatoms. The highest BCUT2D eigenvalue weighted by Crippen LogP contribution is 2.34. The smallest absolute Gasteiger partial charge is 0.289 e. The fraction of sp³-hybridized carbons (Fsp3) is 0.250. The van der Waals surface area contributed by atoms with Gasteiger partial charge in [0.15, 0.2) is 5.76 Å². The lowest BCUT2D eigenvalue weighted by Gasteiger charge is -2.36. The standard InChI is InChI=1S/C28H26N4O4/c33-28(31-15-13-20-4-1-2-5-22(20)18-31)26-12-11-24(36-26)19-30-17-16-29-14-3-6-25(29)27(30)21-7-9-23(10-8-21)32(34)35/h1-12,14,27H,13,15-19H2. The lowest BCUT2D eigenvalue weighted by Crippen LogP contribution is -2.37. The normalized spacial score (nSPS) is 17.4. The Morgan fingerprint density at radius 2 is 1.75 bits per heavy atom. The molecule has 8 nitrogen and oxygen atoms in total. The number of amides is 1. The lowest BCUT2D eigenvalue weighted by molar-refractivity contribution is -0.384. The average Bonchev–Trinajstić information content (AvgIpc) is 3.58. The summed E-state index contributed by atoms with van der Waals surface area (Å²) in [7, 11) is 0. The van der Waals surface area contributed by atoms with Gasteiger partial charge in [-0.1, -0.05) is 36.4 Å². The lowest BCUT2D eigenvalue weighted by atomic mass is 9.99. The number of rotatable bonds is 5. The number of furan rings is 1. The highest BCUT2D eigenvalue weighted by atomic mass is 16.6. The number of carbonyl (C=O) groups excluding carboxylic acids is 1. The van der Waals surface area contributed by atoms with Crippen LogP contribution < -0.4 is 0 Å². The van der Waals surface area contributed by atoms with Gasteiger partial charge < -0.3 is 13.9 Å². The molecule has 0 saturated heterocycles. The number of nitro benzene ring substituents is 1. The van der Waals surface area contributed by atoms with E-state index < -0.39 is 0 Å². The molecular weight excluding hydrogens is 456 g/mol. The summed E-state index contributed by atoms with van der Waals surface area (Å²) in [5.74, 6) is 0.995. The van der Waals surface area contributed by atoms with Crippen molar-refractivity contribution >= 4 is 11.6 Å². The summed E-state index contributed by atoms with van der Waals surface area (Å²) in [5, 5.41) is 11.1. The van der Waals surface area contributed by atoms with Crippen molar-refractivity contribution in [3.63, 3.8) is 0 Å². The molecule has 0 N–H and O–H groups in total. The monoisotopic (exact) mass is 482 g/mol. The molecule has 4 aromatic rings. The number of nitro groups is 1. The van der Waals surface area contributed by atoms with Crippen LogP contribution in [0.15, 0.2) is 83.4 Å². The predicted octanol–water partition coefficient (Wildman–Crippen LogP) is 4.79. The first-order valence-electron chi connectivity index (χ1n) is 12.1. The Morgan fingerprint density at radius 3 is 2.56 bits per heavy atom. The molecule has 2 aromatic heterocycles. The van der Waals surface area contributed by atoms with Crippen molar-refractivity contribution in [3.05, 3.63) is 123 Å². The van der Waals surface area contributed by atoms with E-state index in [2.05, 4.69) is 33.9 Å². The molecule has 1 amide bonds. The number of fused-ring (bicyclic) bond motifs is 2. The number of benzene rings is 2. The third-order valence-electron chi connectivity index (χ3n) is 7.21. The van der Waals surface area contributed by atoms with Gasteiger partial charge in [0.2, 0.25) is 0 Å². The topological polar surface area (TPSA) is 84.8 Å². The highest BCUT2D eigenvalue weighted by Gasteiger charge is 2.30. The van der Waals surface area contributed by atoms with Crippen LogP contribution in [0.5, 0.6) is 0 Å². The van der Waals surface area contributed by atoms with E-state index in [1.165, 1.54) is 11.1 Å². The molecular formula is C28H26N4O4. The van der Waals surface area contributed by atoms with Gasteiger partial charge in [0, 0.05) is 50.2 Å². The first kappa shape index (κ1) is 22.3. The van der Waals surface area contributed by atoms with Gasteiger partial charge in [-0.2, -0.15) is 0 Å². The summed E-state index contributed by atoms with van der Waals surface area (Å²) >= 11 is 0. The minimum absolute atomic E-state index is 0.0719. The number of nitrogens with zero attached hydrogens (tertiary/aromatic N) is 4. The molecule has 36 heavy (non-hydrogen) atoms. The first-order chi connectivity index (χ1) is 17.6. The molecule has 0 fully saturated rings. The highest BCUT2D eigenvalue weighted by molar-refractivity contribution is 5.91. The summed E-state index contributed by atoms with van der Waals surface area (Å²) in [6.45, 7) is 3.43. The van der Waals surface area contributed by atoms with Crippen molar-refractivity contribution in [2.24, 2.45) is 0 Å². The van der Waals surface area contributed by atoms with Gasteiger partial charge in [0.05, 0.1) is 17.5 Å². The molecule has 2 aliphatic heterocycles. The van der Waals surface area contributed by atoms with E-state index in [4.69, 9.17) is 4.42 Å². The number of hydrogen-bond acceptors (Lipinski definition) is 5. The Balaban J connectivity index is 1.22. The van der Waals surface area contributed by atoms with E-state index >= 15 is 0 Å². The summed E-state index contributed by atoms with van der Waals surface area (Å²) in [6.07, 6.45) is 2.91. The zero-order valence-electron chi connectivity index (χ0n) is 19.7. The summed E-state index contributed by atoms with van der Waals surface area (Å²) in [5.41, 5.74) is 4.67. The Labute approximate surface area is 208 Å². The molecule has 2 aromatic carbocycles. The zero-order chi connectivity index (χ0) is 24.6. The fourth-order valence-electron chi connectivity index (χ4n) is 5.36. The van der Waals surface area contributed by atoms with Gasteiger partial charge in [-0.15, -0.1) is 0 Å². The first-order valence-corrected chi connectivity index (χ1v) is 12.1. The van der Waals surface area contributed by atoms with E-state index in [1.807, 2.05) is 41.3 Å². The molecule has 0 bridgehead atoms. The molecule has 0 aliphatic carbocycles.